The Morgan fingerprint density at radius 2 is 2.05 bits per heavy atom. The standard InChI is InChI=1S/C12H14N4O2S/c1-9-7-14-5-4-11(9)16-19(17,18)12-3-2-10(6-13)8-15-12/h2-5,7-8H,6,13H2,1H3,(H,14,16). The number of rotatable bonds is 4. The molecule has 0 aromatic carbocycles. The van der Waals surface area contributed by atoms with Gasteiger partial charge in [0.1, 0.15) is 0 Å². The van der Waals surface area contributed by atoms with Crippen LogP contribution in [0.2, 0.25) is 0 Å². The Hall–Kier alpha value is -1.99. The molecule has 2 rings (SSSR count). The van der Waals surface area contributed by atoms with Gasteiger partial charge in [-0.25, -0.2) is 4.98 Å². The number of pyridine rings is 2. The number of aryl methyl sites for hydroxylation is 1. The summed E-state index contributed by atoms with van der Waals surface area (Å²) < 4.78 is 26.7. The van der Waals surface area contributed by atoms with E-state index in [1.807, 2.05) is 0 Å². The van der Waals surface area contributed by atoms with Gasteiger partial charge in [-0.15, -0.1) is 0 Å². The van der Waals surface area contributed by atoms with E-state index in [4.69, 9.17) is 5.73 Å². The Balaban J connectivity index is 2.30. The first kappa shape index (κ1) is 13.4. The first-order valence-corrected chi connectivity index (χ1v) is 7.09. The van der Waals surface area contributed by atoms with Crippen molar-refractivity contribution in [2.24, 2.45) is 5.73 Å². The maximum absolute atomic E-state index is 12.1. The molecule has 0 aliphatic carbocycles. The van der Waals surface area contributed by atoms with Crippen LogP contribution in [-0.4, -0.2) is 18.4 Å². The highest BCUT2D eigenvalue weighted by atomic mass is 32.2. The van der Waals surface area contributed by atoms with Crippen molar-refractivity contribution in [2.75, 3.05) is 4.72 Å². The summed E-state index contributed by atoms with van der Waals surface area (Å²) >= 11 is 0. The van der Waals surface area contributed by atoms with E-state index in [-0.39, 0.29) is 5.03 Å². The molecule has 0 aliphatic rings. The third kappa shape index (κ3) is 3.07. The Morgan fingerprint density at radius 1 is 1.26 bits per heavy atom. The fourth-order valence-corrected chi connectivity index (χ4v) is 2.54. The molecule has 0 amide bonds. The topological polar surface area (TPSA) is 98.0 Å². The summed E-state index contributed by atoms with van der Waals surface area (Å²) in [5, 5.41) is -0.0408. The summed E-state index contributed by atoms with van der Waals surface area (Å²) in [6.07, 6.45) is 4.56. The number of aromatic nitrogens is 2. The van der Waals surface area contributed by atoms with E-state index in [1.165, 1.54) is 18.5 Å². The summed E-state index contributed by atoms with van der Waals surface area (Å²) in [6.45, 7) is 2.10. The predicted molar refractivity (Wildman–Crippen MR) is 71.9 cm³/mol. The summed E-state index contributed by atoms with van der Waals surface area (Å²) in [7, 11) is -3.69. The number of nitrogens with zero attached hydrogens (tertiary/aromatic N) is 2. The molecule has 0 saturated heterocycles. The van der Waals surface area contributed by atoms with E-state index < -0.39 is 10.0 Å². The molecule has 2 aromatic heterocycles. The molecule has 0 unspecified atom stereocenters. The molecule has 0 radical (unpaired) electrons. The van der Waals surface area contributed by atoms with Gasteiger partial charge < -0.3 is 5.73 Å². The molecule has 0 bridgehead atoms. The zero-order valence-electron chi connectivity index (χ0n) is 10.4. The van der Waals surface area contributed by atoms with Crippen LogP contribution in [0.4, 0.5) is 5.69 Å². The van der Waals surface area contributed by atoms with Crippen LogP contribution in [0.3, 0.4) is 0 Å². The summed E-state index contributed by atoms with van der Waals surface area (Å²) in [5.41, 5.74) is 7.44. The van der Waals surface area contributed by atoms with E-state index in [0.29, 0.717) is 12.2 Å². The third-order valence-corrected chi connectivity index (χ3v) is 3.85. The van der Waals surface area contributed by atoms with Crippen LogP contribution in [0.1, 0.15) is 11.1 Å². The smallest absolute Gasteiger partial charge is 0.279 e. The van der Waals surface area contributed by atoms with E-state index >= 15 is 0 Å². The lowest BCUT2D eigenvalue weighted by atomic mass is 10.3. The van der Waals surface area contributed by atoms with Crippen LogP contribution in [-0.2, 0) is 16.6 Å². The van der Waals surface area contributed by atoms with E-state index in [1.54, 1.807) is 25.3 Å². The summed E-state index contributed by atoms with van der Waals surface area (Å²) in [5.74, 6) is 0. The van der Waals surface area contributed by atoms with Gasteiger partial charge in [-0.05, 0) is 30.2 Å². The highest BCUT2D eigenvalue weighted by Gasteiger charge is 2.16. The Labute approximate surface area is 111 Å². The van der Waals surface area contributed by atoms with E-state index in [9.17, 15) is 8.42 Å². The second kappa shape index (κ2) is 5.33. The molecule has 0 saturated carbocycles. The van der Waals surface area contributed by atoms with Crippen LogP contribution in [0, 0.1) is 6.92 Å². The minimum Gasteiger partial charge on any atom is -0.326 e. The van der Waals surface area contributed by atoms with E-state index in [2.05, 4.69) is 14.7 Å². The molecule has 7 heteroatoms. The quantitative estimate of drug-likeness (QED) is 0.871. The monoisotopic (exact) mass is 278 g/mol. The van der Waals surface area contributed by atoms with Gasteiger partial charge in [-0.2, -0.15) is 8.42 Å². The molecule has 2 aromatic rings. The summed E-state index contributed by atoms with van der Waals surface area (Å²) in [6, 6.07) is 4.67. The Kier molecular flexibility index (Phi) is 3.77. The minimum absolute atomic E-state index is 0.0408. The van der Waals surface area contributed by atoms with Crippen molar-refractivity contribution in [3.63, 3.8) is 0 Å². The molecule has 100 valence electrons. The molecule has 6 nitrogen and oxygen atoms in total. The SMILES string of the molecule is Cc1cnccc1NS(=O)(=O)c1ccc(CN)cn1. The van der Waals surface area contributed by atoms with Crippen LogP contribution in [0.25, 0.3) is 0 Å². The lowest BCUT2D eigenvalue weighted by Crippen LogP contribution is -2.15. The molecule has 3 N–H and O–H groups in total. The van der Waals surface area contributed by atoms with Gasteiger partial charge in [0.25, 0.3) is 10.0 Å². The van der Waals surface area contributed by atoms with E-state index in [0.717, 1.165) is 11.1 Å². The molecule has 0 aliphatic heterocycles. The molecular formula is C12H14N4O2S. The van der Waals surface area contributed by atoms with Crippen molar-refractivity contribution in [1.82, 2.24) is 9.97 Å². The Morgan fingerprint density at radius 3 is 2.63 bits per heavy atom. The molecule has 0 atom stereocenters. The van der Waals surface area contributed by atoms with Crippen molar-refractivity contribution in [3.05, 3.63) is 47.9 Å². The largest absolute Gasteiger partial charge is 0.326 e. The van der Waals surface area contributed by atoms with Crippen molar-refractivity contribution in [1.29, 1.82) is 0 Å². The number of nitrogens with two attached hydrogens (primary N) is 1. The molecule has 2 heterocycles. The fourth-order valence-electron chi connectivity index (χ4n) is 1.48. The van der Waals surface area contributed by atoms with Gasteiger partial charge in [0.15, 0.2) is 5.03 Å². The first-order chi connectivity index (χ1) is 9.03. The number of sulfonamides is 1. The van der Waals surface area contributed by atoms with Gasteiger partial charge in [0.2, 0.25) is 0 Å². The van der Waals surface area contributed by atoms with Gasteiger partial charge in [0, 0.05) is 25.1 Å². The van der Waals surface area contributed by atoms with Gasteiger partial charge in [-0.1, -0.05) is 6.07 Å². The fraction of sp³-hybridized carbons (Fsp3) is 0.167. The maximum Gasteiger partial charge on any atom is 0.279 e. The average molecular weight is 278 g/mol. The molecule has 19 heavy (non-hydrogen) atoms. The number of nitrogens with one attached hydrogen (secondary N) is 1. The van der Waals surface area contributed by atoms with Gasteiger partial charge in [0.05, 0.1) is 5.69 Å². The number of anilines is 1. The normalized spacial score (nSPS) is 11.3. The van der Waals surface area contributed by atoms with Crippen LogP contribution in [0.15, 0.2) is 41.8 Å². The third-order valence-electron chi connectivity index (χ3n) is 2.57. The Bertz CT molecular complexity index is 668. The van der Waals surface area contributed by atoms with Crippen LogP contribution < -0.4 is 10.5 Å². The zero-order chi connectivity index (χ0) is 13.9. The van der Waals surface area contributed by atoms with Gasteiger partial charge >= 0.3 is 0 Å². The maximum atomic E-state index is 12.1. The second-order valence-electron chi connectivity index (χ2n) is 4.00. The lowest BCUT2D eigenvalue weighted by Gasteiger charge is -2.09. The summed E-state index contributed by atoms with van der Waals surface area (Å²) in [4.78, 5) is 7.81. The lowest BCUT2D eigenvalue weighted by molar-refractivity contribution is 0.597. The molecular weight excluding hydrogens is 264 g/mol. The minimum atomic E-state index is -3.69. The average Bonchev–Trinajstić information content (AvgIpc) is 2.41. The molecule has 0 fully saturated rings. The van der Waals surface area contributed by atoms with Crippen molar-refractivity contribution in [3.8, 4) is 0 Å². The first-order valence-electron chi connectivity index (χ1n) is 5.61. The van der Waals surface area contributed by atoms with Crippen molar-refractivity contribution in [2.45, 2.75) is 18.5 Å². The second-order valence-corrected chi connectivity index (χ2v) is 5.63. The van der Waals surface area contributed by atoms with Crippen molar-refractivity contribution >= 4 is 15.7 Å². The van der Waals surface area contributed by atoms with Crippen molar-refractivity contribution < 1.29 is 8.42 Å². The predicted octanol–water partition coefficient (Wildman–Crippen LogP) is 1.04. The zero-order valence-corrected chi connectivity index (χ0v) is 11.2. The number of hydrogen-bond acceptors (Lipinski definition) is 5. The van der Waals surface area contributed by atoms with Gasteiger partial charge in [-0.3, -0.25) is 9.71 Å². The highest BCUT2D eigenvalue weighted by Crippen LogP contribution is 2.17. The highest BCUT2D eigenvalue weighted by molar-refractivity contribution is 7.92. The number of hydrogen-bond donors (Lipinski definition) is 2. The van der Waals surface area contributed by atoms with Crippen LogP contribution >= 0.6 is 0 Å². The van der Waals surface area contributed by atoms with Crippen LogP contribution in [0.5, 0.6) is 0 Å². The molecule has 0 spiro atoms.